The van der Waals surface area contributed by atoms with Gasteiger partial charge >= 0.3 is 5.97 Å². The predicted octanol–water partition coefficient (Wildman–Crippen LogP) is 0.878. The first-order valence-electron chi connectivity index (χ1n) is 10.7. The van der Waals surface area contributed by atoms with E-state index in [0.29, 0.717) is 31.6 Å². The van der Waals surface area contributed by atoms with Gasteiger partial charge in [0.1, 0.15) is 5.54 Å². The van der Waals surface area contributed by atoms with Crippen LogP contribution in [0.15, 0.2) is 24.3 Å². The fourth-order valence-electron chi connectivity index (χ4n) is 5.16. The zero-order valence-electron chi connectivity index (χ0n) is 18.6. The summed E-state index contributed by atoms with van der Waals surface area (Å²) in [7, 11) is 1.32. The van der Waals surface area contributed by atoms with Crippen LogP contribution in [0.2, 0.25) is 0 Å². The first kappa shape index (κ1) is 21.9. The van der Waals surface area contributed by atoms with Crippen molar-refractivity contribution in [1.82, 2.24) is 14.7 Å². The minimum atomic E-state index is -0.757. The first-order chi connectivity index (χ1) is 14.5. The van der Waals surface area contributed by atoms with Crippen molar-refractivity contribution in [2.24, 2.45) is 5.41 Å². The average Bonchev–Trinajstić information content (AvgIpc) is 3.08. The Balaban J connectivity index is 1.56. The van der Waals surface area contributed by atoms with E-state index in [1.165, 1.54) is 12.0 Å². The maximum atomic E-state index is 13.6. The summed E-state index contributed by atoms with van der Waals surface area (Å²) in [4.78, 5) is 44.0. The molecule has 4 rings (SSSR count). The first-order valence-corrected chi connectivity index (χ1v) is 10.7. The molecular formula is C23H31N3O5. The second-order valence-corrected chi connectivity index (χ2v) is 10.2. The quantitative estimate of drug-likeness (QED) is 0.561. The Hall–Kier alpha value is -2.29. The molecular weight excluding hydrogens is 398 g/mol. The number of aliphatic hydroxyl groups is 1. The molecule has 3 aliphatic rings. The van der Waals surface area contributed by atoms with Gasteiger partial charge < -0.3 is 9.84 Å². The van der Waals surface area contributed by atoms with Gasteiger partial charge in [-0.25, -0.2) is 4.79 Å². The Labute approximate surface area is 182 Å². The molecule has 0 unspecified atom stereocenters. The van der Waals surface area contributed by atoms with Crippen LogP contribution in [0.3, 0.4) is 0 Å². The Kier molecular flexibility index (Phi) is 5.44. The number of hydrogen-bond donors (Lipinski definition) is 1. The number of likely N-dealkylation sites (tertiary alicyclic amines) is 1. The number of rotatable bonds is 4. The van der Waals surface area contributed by atoms with Crippen LogP contribution in [0.1, 0.15) is 43.1 Å². The Morgan fingerprint density at radius 1 is 1.19 bits per heavy atom. The molecule has 2 atom stereocenters. The maximum Gasteiger partial charge on any atom is 0.337 e. The predicted molar refractivity (Wildman–Crippen MR) is 113 cm³/mol. The van der Waals surface area contributed by atoms with Gasteiger partial charge in [-0.1, -0.05) is 32.9 Å². The number of imide groups is 1. The van der Waals surface area contributed by atoms with Gasteiger partial charge in [-0.15, -0.1) is 0 Å². The number of ether oxygens (including phenoxy) is 1. The summed E-state index contributed by atoms with van der Waals surface area (Å²) in [5.41, 5.74) is 0.538. The van der Waals surface area contributed by atoms with E-state index in [-0.39, 0.29) is 23.8 Å². The Morgan fingerprint density at radius 3 is 2.42 bits per heavy atom. The second-order valence-electron chi connectivity index (χ2n) is 10.2. The number of aliphatic hydroxyl groups excluding tert-OH is 1. The number of piperazine rings is 1. The molecule has 1 spiro atoms. The highest BCUT2D eigenvalue weighted by Gasteiger charge is 2.64. The van der Waals surface area contributed by atoms with Crippen molar-refractivity contribution in [1.29, 1.82) is 0 Å². The third kappa shape index (κ3) is 3.88. The smallest absolute Gasteiger partial charge is 0.337 e. The van der Waals surface area contributed by atoms with Gasteiger partial charge in [0.25, 0.3) is 5.91 Å². The topological polar surface area (TPSA) is 90.4 Å². The summed E-state index contributed by atoms with van der Waals surface area (Å²) < 4.78 is 4.72. The third-order valence-electron chi connectivity index (χ3n) is 6.41. The summed E-state index contributed by atoms with van der Waals surface area (Å²) in [6.45, 7) is 9.00. The van der Waals surface area contributed by atoms with Gasteiger partial charge in [0.2, 0.25) is 5.91 Å². The number of esters is 1. The van der Waals surface area contributed by atoms with Crippen LogP contribution in [-0.2, 0) is 20.9 Å². The molecule has 3 aliphatic heterocycles. The van der Waals surface area contributed by atoms with E-state index in [1.54, 1.807) is 24.3 Å². The fourth-order valence-corrected chi connectivity index (χ4v) is 5.16. The number of nitrogens with zero attached hydrogens (tertiary/aromatic N) is 3. The Bertz CT molecular complexity index is 885. The van der Waals surface area contributed by atoms with Crippen molar-refractivity contribution in [3.63, 3.8) is 0 Å². The average molecular weight is 430 g/mol. The van der Waals surface area contributed by atoms with Crippen LogP contribution in [0.25, 0.3) is 0 Å². The van der Waals surface area contributed by atoms with E-state index in [4.69, 9.17) is 4.74 Å². The minimum Gasteiger partial charge on any atom is -0.465 e. The monoisotopic (exact) mass is 429 g/mol. The number of carbonyl (C=O) groups is 3. The van der Waals surface area contributed by atoms with E-state index in [2.05, 4.69) is 25.7 Å². The van der Waals surface area contributed by atoms with Crippen LogP contribution in [0.4, 0.5) is 0 Å². The summed E-state index contributed by atoms with van der Waals surface area (Å²) >= 11 is 0. The largest absolute Gasteiger partial charge is 0.465 e. The molecule has 1 N–H and O–H groups in total. The van der Waals surface area contributed by atoms with Gasteiger partial charge in [-0.3, -0.25) is 24.3 Å². The highest BCUT2D eigenvalue weighted by molar-refractivity contribution is 6.06. The van der Waals surface area contributed by atoms with Crippen molar-refractivity contribution >= 4 is 17.8 Å². The lowest BCUT2D eigenvalue weighted by atomic mass is 9.80. The van der Waals surface area contributed by atoms with E-state index in [0.717, 1.165) is 12.1 Å². The molecule has 0 aliphatic carbocycles. The van der Waals surface area contributed by atoms with Crippen molar-refractivity contribution in [2.45, 2.75) is 51.4 Å². The van der Waals surface area contributed by atoms with Gasteiger partial charge in [0.05, 0.1) is 31.4 Å². The number of benzene rings is 1. The van der Waals surface area contributed by atoms with E-state index in [1.807, 2.05) is 4.90 Å². The zero-order chi connectivity index (χ0) is 22.6. The number of amides is 2. The zero-order valence-corrected chi connectivity index (χ0v) is 18.6. The Morgan fingerprint density at radius 2 is 1.84 bits per heavy atom. The summed E-state index contributed by atoms with van der Waals surface area (Å²) in [5.74, 6) is -0.872. The van der Waals surface area contributed by atoms with Gasteiger partial charge in [-0.05, 0) is 29.5 Å². The molecule has 0 radical (unpaired) electrons. The number of hydrogen-bond acceptors (Lipinski definition) is 7. The molecule has 168 valence electrons. The molecule has 3 fully saturated rings. The van der Waals surface area contributed by atoms with Crippen molar-refractivity contribution in [2.75, 3.05) is 33.3 Å². The molecule has 31 heavy (non-hydrogen) atoms. The van der Waals surface area contributed by atoms with E-state index < -0.39 is 23.7 Å². The molecule has 0 aromatic heterocycles. The van der Waals surface area contributed by atoms with E-state index >= 15 is 0 Å². The maximum absolute atomic E-state index is 13.6. The van der Waals surface area contributed by atoms with Gasteiger partial charge in [0.15, 0.2) is 0 Å². The SMILES string of the molecule is COC(=O)c1ccc(CN2C(=O)[C@@H]3C[C@@H](O)CN3C3(CN(CC(C)(C)C)C3)C2=O)cc1. The normalized spacial score (nSPS) is 26.2. The van der Waals surface area contributed by atoms with Crippen LogP contribution < -0.4 is 0 Å². The van der Waals surface area contributed by atoms with Crippen LogP contribution in [0.5, 0.6) is 0 Å². The number of carbonyl (C=O) groups excluding carboxylic acids is 3. The highest BCUT2D eigenvalue weighted by atomic mass is 16.5. The van der Waals surface area contributed by atoms with Gasteiger partial charge in [0, 0.05) is 26.2 Å². The van der Waals surface area contributed by atoms with E-state index in [9.17, 15) is 19.5 Å². The summed E-state index contributed by atoms with van der Waals surface area (Å²) in [6, 6.07) is 6.27. The number of methoxy groups -OCH3 is 1. The highest BCUT2D eigenvalue weighted by Crippen LogP contribution is 2.41. The molecule has 3 saturated heterocycles. The lowest BCUT2D eigenvalue weighted by molar-refractivity contribution is -0.181. The van der Waals surface area contributed by atoms with Gasteiger partial charge in [-0.2, -0.15) is 0 Å². The lowest BCUT2D eigenvalue weighted by Crippen LogP contribution is -2.81. The fraction of sp³-hybridized carbons (Fsp3) is 0.609. The second kappa shape index (κ2) is 7.69. The van der Waals surface area contributed by atoms with Crippen LogP contribution in [0, 0.1) is 5.41 Å². The van der Waals surface area contributed by atoms with Crippen molar-refractivity contribution in [3.05, 3.63) is 35.4 Å². The molecule has 0 bridgehead atoms. The molecule has 3 heterocycles. The lowest BCUT2D eigenvalue weighted by Gasteiger charge is -2.59. The molecule has 8 nitrogen and oxygen atoms in total. The summed E-state index contributed by atoms with van der Waals surface area (Å²) in [6.07, 6.45) is -0.250. The molecule has 8 heteroatoms. The molecule has 1 aromatic rings. The minimum absolute atomic E-state index is 0.111. The van der Waals surface area contributed by atoms with Crippen molar-refractivity contribution in [3.8, 4) is 0 Å². The number of β-amino-alcohol motifs (C(OH)–C–C–N with tert-alkyl or cyclic N) is 1. The number of fused-ring (bicyclic) bond motifs is 2. The van der Waals surface area contributed by atoms with Crippen LogP contribution in [-0.4, -0.2) is 88.6 Å². The third-order valence-corrected chi connectivity index (χ3v) is 6.41. The summed E-state index contributed by atoms with van der Waals surface area (Å²) in [5, 5.41) is 10.3. The standard InChI is InChI=1S/C23H31N3O5/c1-22(2,3)12-24-13-23(14-24)21(30)25(19(28)18-9-17(27)11-26(18)23)10-15-5-7-16(8-6-15)20(29)31-4/h5-8,17-18,27H,9-14H2,1-4H3/t17-,18+/m1/s1. The van der Waals surface area contributed by atoms with Crippen molar-refractivity contribution < 1.29 is 24.2 Å². The molecule has 1 aromatic carbocycles. The molecule has 0 saturated carbocycles. The van der Waals surface area contributed by atoms with Crippen LogP contribution >= 0.6 is 0 Å². The molecule has 2 amide bonds.